The van der Waals surface area contributed by atoms with Crippen molar-refractivity contribution in [1.82, 2.24) is 9.88 Å². The van der Waals surface area contributed by atoms with Gasteiger partial charge in [0, 0.05) is 6.54 Å². The molecule has 1 aromatic heterocycles. The molecule has 92 valence electrons. The van der Waals surface area contributed by atoms with Crippen molar-refractivity contribution in [2.75, 3.05) is 13.1 Å². The molecular weight excluding hydrogens is 220 g/mol. The van der Waals surface area contributed by atoms with Crippen molar-refractivity contribution < 1.29 is 9.52 Å². The molecule has 0 amide bonds. The van der Waals surface area contributed by atoms with Crippen LogP contribution in [0.1, 0.15) is 6.92 Å². The van der Waals surface area contributed by atoms with Gasteiger partial charge in [0.15, 0.2) is 5.58 Å². The van der Waals surface area contributed by atoms with Crippen LogP contribution in [0.15, 0.2) is 33.5 Å². The van der Waals surface area contributed by atoms with Crippen LogP contribution in [0.2, 0.25) is 0 Å². The fraction of sp³-hybridized carbons (Fsp3) is 0.417. The van der Waals surface area contributed by atoms with Crippen LogP contribution >= 0.6 is 0 Å². The van der Waals surface area contributed by atoms with Gasteiger partial charge in [0.2, 0.25) is 0 Å². The van der Waals surface area contributed by atoms with Crippen LogP contribution in [-0.2, 0) is 6.54 Å². The Morgan fingerprint density at radius 1 is 1.47 bits per heavy atom. The van der Waals surface area contributed by atoms with E-state index in [0.29, 0.717) is 17.6 Å². The topological polar surface area (TPSA) is 67.4 Å². The van der Waals surface area contributed by atoms with E-state index in [1.165, 1.54) is 4.57 Å². The van der Waals surface area contributed by atoms with E-state index in [4.69, 9.17) is 4.42 Å². The Morgan fingerprint density at radius 2 is 2.24 bits per heavy atom. The van der Waals surface area contributed by atoms with Crippen molar-refractivity contribution >= 4 is 11.1 Å². The van der Waals surface area contributed by atoms with E-state index in [2.05, 4.69) is 5.32 Å². The third-order valence-corrected chi connectivity index (χ3v) is 2.60. The number of nitrogens with one attached hydrogen (secondary N) is 1. The summed E-state index contributed by atoms with van der Waals surface area (Å²) in [5.41, 5.74) is 1.26. The highest BCUT2D eigenvalue weighted by atomic mass is 16.4. The van der Waals surface area contributed by atoms with E-state index in [0.717, 1.165) is 6.54 Å². The molecule has 0 aliphatic carbocycles. The Balaban J connectivity index is 2.23. The summed E-state index contributed by atoms with van der Waals surface area (Å²) >= 11 is 0. The van der Waals surface area contributed by atoms with Gasteiger partial charge in [0.1, 0.15) is 0 Å². The van der Waals surface area contributed by atoms with Crippen molar-refractivity contribution in [1.29, 1.82) is 0 Å². The van der Waals surface area contributed by atoms with Crippen LogP contribution in [-0.4, -0.2) is 28.9 Å². The zero-order valence-corrected chi connectivity index (χ0v) is 9.72. The number of oxazole rings is 1. The number of likely N-dealkylation sites (N-methyl/N-ethyl adjacent to an activating group) is 1. The van der Waals surface area contributed by atoms with Crippen LogP contribution in [0.5, 0.6) is 0 Å². The summed E-state index contributed by atoms with van der Waals surface area (Å²) in [6.45, 7) is 3.45. The number of hydrogen-bond donors (Lipinski definition) is 2. The average molecular weight is 236 g/mol. The van der Waals surface area contributed by atoms with Crippen molar-refractivity contribution in [3.05, 3.63) is 34.8 Å². The lowest BCUT2D eigenvalue weighted by molar-refractivity contribution is 0.150. The van der Waals surface area contributed by atoms with Crippen molar-refractivity contribution in [2.45, 2.75) is 19.6 Å². The van der Waals surface area contributed by atoms with Crippen molar-refractivity contribution in [2.24, 2.45) is 0 Å². The van der Waals surface area contributed by atoms with E-state index in [1.807, 2.05) is 19.1 Å². The van der Waals surface area contributed by atoms with Gasteiger partial charge in [-0.2, -0.15) is 0 Å². The molecule has 0 fully saturated rings. The minimum Gasteiger partial charge on any atom is -0.408 e. The molecule has 5 heteroatoms. The largest absolute Gasteiger partial charge is 0.420 e. The van der Waals surface area contributed by atoms with Gasteiger partial charge >= 0.3 is 5.76 Å². The second kappa shape index (κ2) is 5.16. The van der Waals surface area contributed by atoms with Gasteiger partial charge in [-0.1, -0.05) is 19.1 Å². The smallest absolute Gasteiger partial charge is 0.408 e. The number of fused-ring (bicyclic) bond motifs is 1. The summed E-state index contributed by atoms with van der Waals surface area (Å²) in [4.78, 5) is 11.6. The third kappa shape index (κ3) is 2.57. The Kier molecular flexibility index (Phi) is 3.61. The second-order valence-electron chi connectivity index (χ2n) is 3.91. The molecule has 0 saturated carbocycles. The standard InChI is InChI=1S/C12H16N2O3/c1-2-13-7-9(15)8-14-10-5-3-4-6-11(10)17-12(14)16/h3-6,9,13,15H,2,7-8H2,1H3. The van der Waals surface area contributed by atoms with Gasteiger partial charge < -0.3 is 14.8 Å². The lowest BCUT2D eigenvalue weighted by Crippen LogP contribution is -2.32. The molecule has 0 aliphatic rings. The van der Waals surface area contributed by atoms with Crippen LogP contribution in [0, 0.1) is 0 Å². The van der Waals surface area contributed by atoms with Gasteiger partial charge in [-0.25, -0.2) is 4.79 Å². The molecule has 1 heterocycles. The van der Waals surface area contributed by atoms with Gasteiger partial charge in [0.05, 0.1) is 18.2 Å². The lowest BCUT2D eigenvalue weighted by Gasteiger charge is -2.10. The van der Waals surface area contributed by atoms with Gasteiger partial charge in [-0.05, 0) is 18.7 Å². The maximum absolute atomic E-state index is 11.6. The van der Waals surface area contributed by atoms with E-state index in [9.17, 15) is 9.90 Å². The van der Waals surface area contributed by atoms with Crippen molar-refractivity contribution in [3.8, 4) is 0 Å². The first-order valence-electron chi connectivity index (χ1n) is 5.69. The van der Waals surface area contributed by atoms with Gasteiger partial charge in [-0.15, -0.1) is 0 Å². The Morgan fingerprint density at radius 3 is 3.00 bits per heavy atom. The first-order valence-corrected chi connectivity index (χ1v) is 5.69. The molecule has 1 aromatic carbocycles. The van der Waals surface area contributed by atoms with Crippen LogP contribution in [0.4, 0.5) is 0 Å². The SMILES string of the molecule is CCNCC(O)Cn1c(=O)oc2ccccc21. The Labute approximate surface area is 98.7 Å². The fourth-order valence-electron chi connectivity index (χ4n) is 1.77. The maximum Gasteiger partial charge on any atom is 0.420 e. The first-order chi connectivity index (χ1) is 8.22. The number of aliphatic hydroxyl groups excluding tert-OH is 1. The molecule has 0 saturated heterocycles. The summed E-state index contributed by atoms with van der Waals surface area (Å²) < 4.78 is 6.54. The van der Waals surface area contributed by atoms with E-state index in [-0.39, 0.29) is 6.54 Å². The summed E-state index contributed by atoms with van der Waals surface area (Å²) in [6.07, 6.45) is -0.603. The number of para-hydroxylation sites is 2. The number of nitrogens with zero attached hydrogens (tertiary/aromatic N) is 1. The Bertz CT molecular complexity index is 544. The number of hydrogen-bond acceptors (Lipinski definition) is 4. The van der Waals surface area contributed by atoms with Crippen LogP contribution in [0.25, 0.3) is 11.1 Å². The average Bonchev–Trinajstić information content (AvgIpc) is 2.64. The quantitative estimate of drug-likeness (QED) is 0.796. The minimum absolute atomic E-state index is 0.239. The van der Waals surface area contributed by atoms with E-state index in [1.54, 1.807) is 12.1 Å². The molecular formula is C12H16N2O3. The monoisotopic (exact) mass is 236 g/mol. The maximum atomic E-state index is 11.6. The number of aromatic nitrogens is 1. The molecule has 2 aromatic rings. The fourth-order valence-corrected chi connectivity index (χ4v) is 1.77. The highest BCUT2D eigenvalue weighted by Crippen LogP contribution is 2.11. The molecule has 0 bridgehead atoms. The highest BCUT2D eigenvalue weighted by molar-refractivity contribution is 5.72. The summed E-state index contributed by atoms with van der Waals surface area (Å²) in [5, 5.41) is 12.8. The predicted molar refractivity (Wildman–Crippen MR) is 65.0 cm³/mol. The zero-order chi connectivity index (χ0) is 12.3. The zero-order valence-electron chi connectivity index (χ0n) is 9.72. The van der Waals surface area contributed by atoms with Crippen LogP contribution < -0.4 is 11.1 Å². The number of rotatable bonds is 5. The summed E-state index contributed by atoms with van der Waals surface area (Å²) in [6, 6.07) is 7.19. The molecule has 0 radical (unpaired) electrons. The minimum atomic E-state index is -0.603. The van der Waals surface area contributed by atoms with Gasteiger partial charge in [-0.3, -0.25) is 4.57 Å². The Hall–Kier alpha value is -1.59. The molecule has 5 nitrogen and oxygen atoms in total. The van der Waals surface area contributed by atoms with E-state index >= 15 is 0 Å². The molecule has 0 aliphatic heterocycles. The normalized spacial score (nSPS) is 13.1. The number of aliphatic hydroxyl groups is 1. The molecule has 2 rings (SSSR count). The predicted octanol–water partition coefficient (Wildman–Crippen LogP) is 0.565. The van der Waals surface area contributed by atoms with Crippen LogP contribution in [0.3, 0.4) is 0 Å². The molecule has 0 spiro atoms. The van der Waals surface area contributed by atoms with Gasteiger partial charge in [0.25, 0.3) is 0 Å². The van der Waals surface area contributed by atoms with E-state index < -0.39 is 11.9 Å². The highest BCUT2D eigenvalue weighted by Gasteiger charge is 2.12. The summed E-state index contributed by atoms with van der Waals surface area (Å²) in [7, 11) is 0. The van der Waals surface area contributed by atoms with Crippen molar-refractivity contribution in [3.63, 3.8) is 0 Å². The molecule has 17 heavy (non-hydrogen) atoms. The first kappa shape index (κ1) is 11.9. The third-order valence-electron chi connectivity index (χ3n) is 2.60. The lowest BCUT2D eigenvalue weighted by atomic mass is 10.3. The summed E-state index contributed by atoms with van der Waals surface area (Å²) in [5.74, 6) is -0.429. The second-order valence-corrected chi connectivity index (χ2v) is 3.91. The number of benzene rings is 1. The molecule has 1 atom stereocenters. The molecule has 1 unspecified atom stereocenters. The molecule has 2 N–H and O–H groups in total.